The lowest BCUT2D eigenvalue weighted by atomic mass is 10.1. The predicted molar refractivity (Wildman–Crippen MR) is 382 cm³/mol. The number of piperazine rings is 1. The van der Waals surface area contributed by atoms with E-state index in [0.717, 1.165) is 162 Å². The van der Waals surface area contributed by atoms with Crippen molar-refractivity contribution in [1.29, 1.82) is 0 Å². The van der Waals surface area contributed by atoms with Crippen LogP contribution in [-0.4, -0.2) is 205 Å². The summed E-state index contributed by atoms with van der Waals surface area (Å²) in [5.41, 5.74) is 11.9. The second kappa shape index (κ2) is 29.3. The summed E-state index contributed by atoms with van der Waals surface area (Å²) >= 11 is 0. The fraction of sp³-hybridized carbons (Fsp3) is 0.270. The zero-order valence-corrected chi connectivity index (χ0v) is 55.0. The molecular weight excluding hydrogens is 1230 g/mol. The Labute approximate surface area is 567 Å². The number of H-pyrrole nitrogens is 3. The average Bonchev–Trinajstić information content (AvgIpc) is 1.72. The van der Waals surface area contributed by atoms with Crippen molar-refractivity contribution in [3.8, 4) is 34.2 Å². The summed E-state index contributed by atoms with van der Waals surface area (Å²) in [5.74, 6) is 1.67. The predicted octanol–water partition coefficient (Wildman–Crippen LogP) is 11.2. The molecule has 9 aromatic heterocycles. The van der Waals surface area contributed by atoms with Crippen LogP contribution in [0.25, 0.3) is 66.9 Å². The van der Waals surface area contributed by atoms with E-state index in [1.807, 2.05) is 160 Å². The summed E-state index contributed by atoms with van der Waals surface area (Å²) in [4.78, 5) is 102. The summed E-state index contributed by atoms with van der Waals surface area (Å²) in [5, 5.41) is 12.7. The van der Waals surface area contributed by atoms with Crippen molar-refractivity contribution in [2.75, 3.05) is 102 Å². The Balaban J connectivity index is 0.000000126. The molecule has 1 atom stereocenters. The van der Waals surface area contributed by atoms with Gasteiger partial charge in [0.1, 0.15) is 17.1 Å². The van der Waals surface area contributed by atoms with Gasteiger partial charge in [0.2, 0.25) is 17.8 Å². The first-order valence-corrected chi connectivity index (χ1v) is 33.5. The monoisotopic (exact) mass is 1310 g/mol. The molecule has 16 rings (SSSR count). The Kier molecular flexibility index (Phi) is 19.2. The van der Waals surface area contributed by atoms with Crippen molar-refractivity contribution in [2.45, 2.75) is 45.2 Å². The van der Waals surface area contributed by atoms with Crippen molar-refractivity contribution in [2.24, 2.45) is 0 Å². The van der Waals surface area contributed by atoms with E-state index < -0.39 is 0 Å². The maximum atomic E-state index is 13.1. The van der Waals surface area contributed by atoms with Crippen LogP contribution in [0.5, 0.6) is 0 Å². The van der Waals surface area contributed by atoms with Crippen LogP contribution in [0.4, 0.5) is 34.9 Å². The largest absolute Gasteiger partial charge is 0.351 e. The van der Waals surface area contributed by atoms with Gasteiger partial charge in [-0.15, -0.1) is 0 Å². The van der Waals surface area contributed by atoms with Crippen molar-refractivity contribution < 1.29 is 14.4 Å². The van der Waals surface area contributed by atoms with E-state index in [1.54, 1.807) is 37.2 Å². The number of nitrogens with zero attached hydrogens (tertiary/aromatic N) is 15. The van der Waals surface area contributed by atoms with Gasteiger partial charge in [-0.2, -0.15) is 0 Å². The topological polar surface area (TPSA) is 270 Å². The SMILES string of the molecule is CCN(CC)C1CN(C(=O)c2cc3cc(Nc4nccc(-c5ccccn5)n4)ccc3[nH]2)C1.CN1CCCN(C(=O)c2cc3cc(Nc4nccc(-c5ccccn5)n4)ccc3[nH]2)CC1.O=C(c1cc2cc(Nc3nccc(-c4ccccn4)n3)ccc2[nH]1)N1CCN2CCCC2C1. The van der Waals surface area contributed by atoms with Gasteiger partial charge >= 0.3 is 0 Å². The number of amides is 3. The van der Waals surface area contributed by atoms with E-state index in [9.17, 15) is 14.4 Å². The van der Waals surface area contributed by atoms with Crippen LogP contribution < -0.4 is 16.0 Å². The molecule has 13 heterocycles. The summed E-state index contributed by atoms with van der Waals surface area (Å²) in [6.45, 7) is 15.1. The normalized spacial score (nSPS) is 15.8. The van der Waals surface area contributed by atoms with Crippen LogP contribution in [0.15, 0.2) is 183 Å². The van der Waals surface area contributed by atoms with Gasteiger partial charge in [-0.3, -0.25) is 39.1 Å². The molecule has 4 aliphatic heterocycles. The number of fused-ring (bicyclic) bond motifs is 4. The highest BCUT2D eigenvalue weighted by Gasteiger charge is 2.35. The van der Waals surface area contributed by atoms with Crippen molar-refractivity contribution >= 4 is 85.3 Å². The fourth-order valence-corrected chi connectivity index (χ4v) is 13.1. The zero-order valence-electron chi connectivity index (χ0n) is 55.0. The van der Waals surface area contributed by atoms with Gasteiger partial charge in [-0.1, -0.05) is 32.0 Å². The first-order chi connectivity index (χ1) is 48.0. The highest BCUT2D eigenvalue weighted by molar-refractivity contribution is 6.01. The number of hydrogen-bond donors (Lipinski definition) is 6. The number of rotatable bonds is 15. The van der Waals surface area contributed by atoms with Crippen molar-refractivity contribution in [3.05, 3.63) is 200 Å². The van der Waals surface area contributed by atoms with Gasteiger partial charge in [0.15, 0.2) is 0 Å². The molecule has 98 heavy (non-hydrogen) atoms. The van der Waals surface area contributed by atoms with E-state index in [4.69, 9.17) is 0 Å². The molecule has 3 aromatic carbocycles. The number of anilines is 6. The van der Waals surface area contributed by atoms with Crippen molar-refractivity contribution in [1.82, 2.24) is 89.2 Å². The molecule has 6 N–H and O–H groups in total. The summed E-state index contributed by atoms with van der Waals surface area (Å²) < 4.78 is 0. The molecule has 1 unspecified atom stereocenters. The Morgan fingerprint density at radius 3 is 1.31 bits per heavy atom. The zero-order chi connectivity index (χ0) is 66.9. The number of likely N-dealkylation sites (N-methyl/N-ethyl adjacent to an activating group) is 2. The van der Waals surface area contributed by atoms with Crippen LogP contribution in [0.2, 0.25) is 0 Å². The van der Waals surface area contributed by atoms with Gasteiger partial charge in [-0.05, 0) is 180 Å². The van der Waals surface area contributed by atoms with Crippen LogP contribution in [0.1, 0.15) is 64.6 Å². The highest BCUT2D eigenvalue weighted by atomic mass is 16.2. The number of hydrogen-bond acceptors (Lipinski definition) is 18. The number of aromatic amines is 3. The standard InChI is InChI=1S/C25H25N7O.C25H27N7O.C24H25N7O/c33-24(32-13-12-31-11-3-4-19(31)16-32)23-15-17-14-18(6-7-20(17)29-23)28-25-27-10-8-22(30-25)21-5-1-2-9-26-21;1-3-31(4-2)19-15-32(16-19)24(33)23-14-17-13-18(8-9-20(17)29-23)28-25-27-12-10-22(30-25)21-7-5-6-11-26-21;1-30-11-4-12-31(14-13-30)23(32)22-16-17-15-18(6-7-19(17)28-22)27-24-26-10-8-21(29-24)20-5-2-3-9-25-20/h1-2,5-10,14-15,19,29H,3-4,11-13,16H2,(H,27,28,30);5-14,19,29H,3-4,15-16H2,1-2H3,(H,27,28,30);2-3,5-10,15-16,28H,4,11-14H2,1H3,(H,26,27,29). The first kappa shape index (κ1) is 64.0. The number of likely N-dealkylation sites (tertiary alicyclic amines) is 1. The molecule has 0 spiro atoms. The van der Waals surface area contributed by atoms with E-state index in [-0.39, 0.29) is 17.7 Å². The van der Waals surface area contributed by atoms with Crippen LogP contribution in [-0.2, 0) is 0 Å². The minimum atomic E-state index is 0.0514. The van der Waals surface area contributed by atoms with Gasteiger partial charge in [-0.25, -0.2) is 29.9 Å². The van der Waals surface area contributed by atoms with Crippen molar-refractivity contribution in [3.63, 3.8) is 0 Å². The number of carbonyl (C=O) groups excluding carboxylic acids is 3. The molecule has 24 nitrogen and oxygen atoms in total. The van der Waals surface area contributed by atoms with E-state index in [0.29, 0.717) is 47.0 Å². The number of nitrogens with one attached hydrogen (secondary N) is 6. The lowest BCUT2D eigenvalue weighted by molar-refractivity contribution is 0.0291. The molecule has 496 valence electrons. The Morgan fingerprint density at radius 2 is 0.867 bits per heavy atom. The van der Waals surface area contributed by atoms with Crippen LogP contribution in [0, 0.1) is 0 Å². The van der Waals surface area contributed by atoms with E-state index >= 15 is 0 Å². The molecule has 0 bridgehead atoms. The third kappa shape index (κ3) is 14.9. The second-order valence-electron chi connectivity index (χ2n) is 24.9. The molecule has 4 saturated heterocycles. The minimum Gasteiger partial charge on any atom is -0.351 e. The first-order valence-electron chi connectivity index (χ1n) is 33.5. The molecule has 24 heteroatoms. The smallest absolute Gasteiger partial charge is 0.270 e. The third-order valence-corrected chi connectivity index (χ3v) is 18.4. The Morgan fingerprint density at radius 1 is 0.429 bits per heavy atom. The molecule has 0 radical (unpaired) electrons. The summed E-state index contributed by atoms with van der Waals surface area (Å²) in [7, 11) is 2.10. The molecule has 4 aliphatic rings. The van der Waals surface area contributed by atoms with Gasteiger partial charge in [0.05, 0.1) is 34.2 Å². The highest BCUT2D eigenvalue weighted by Crippen LogP contribution is 2.30. The average molecular weight is 1310 g/mol. The molecular formula is C74H77N21O3. The molecule has 0 aliphatic carbocycles. The molecule has 3 amide bonds. The lowest BCUT2D eigenvalue weighted by Crippen LogP contribution is -2.61. The summed E-state index contributed by atoms with van der Waals surface area (Å²) in [6, 6.07) is 47.2. The quantitative estimate of drug-likeness (QED) is 0.0557. The third-order valence-electron chi connectivity index (χ3n) is 18.4. The van der Waals surface area contributed by atoms with E-state index in [1.165, 1.54) is 19.4 Å². The van der Waals surface area contributed by atoms with E-state index in [2.05, 4.69) is 111 Å². The van der Waals surface area contributed by atoms with Crippen LogP contribution in [0.3, 0.4) is 0 Å². The lowest BCUT2D eigenvalue weighted by Gasteiger charge is -2.44. The maximum absolute atomic E-state index is 13.1. The van der Waals surface area contributed by atoms with Gasteiger partial charge in [0.25, 0.3) is 17.7 Å². The van der Waals surface area contributed by atoms with Crippen LogP contribution >= 0.6 is 0 Å². The number of aromatic nitrogens is 12. The minimum absolute atomic E-state index is 0.0514. The maximum Gasteiger partial charge on any atom is 0.270 e. The number of carbonyl (C=O) groups is 3. The Bertz CT molecular complexity index is 4750. The Hall–Kier alpha value is -11.3. The second-order valence-corrected chi connectivity index (χ2v) is 24.9. The molecule has 12 aromatic rings. The number of benzene rings is 3. The van der Waals surface area contributed by atoms with Gasteiger partial charge in [0, 0.05) is 151 Å². The van der Waals surface area contributed by atoms with Gasteiger partial charge < -0.3 is 50.5 Å². The number of pyridine rings is 3. The molecule has 4 fully saturated rings. The fourth-order valence-electron chi connectivity index (χ4n) is 13.1. The summed E-state index contributed by atoms with van der Waals surface area (Å²) in [6.07, 6.45) is 13.8. The molecule has 0 saturated carbocycles.